The summed E-state index contributed by atoms with van der Waals surface area (Å²) in [5.41, 5.74) is 1.64. The highest BCUT2D eigenvalue weighted by atomic mass is 32.2. The van der Waals surface area contributed by atoms with Crippen LogP contribution in [0.3, 0.4) is 0 Å². The second-order valence-electron chi connectivity index (χ2n) is 6.97. The molecule has 2 N–H and O–H groups in total. The van der Waals surface area contributed by atoms with Gasteiger partial charge in [-0.15, -0.1) is 0 Å². The zero-order chi connectivity index (χ0) is 23.1. The van der Waals surface area contributed by atoms with E-state index >= 15 is 0 Å². The Bertz CT molecular complexity index is 1190. The van der Waals surface area contributed by atoms with E-state index in [1.165, 1.54) is 36.4 Å². The normalized spacial score (nSPS) is 10.9. The molecule has 3 aromatic rings. The van der Waals surface area contributed by atoms with Crippen LogP contribution < -0.4 is 14.8 Å². The number of rotatable bonds is 8. The summed E-state index contributed by atoms with van der Waals surface area (Å²) in [4.78, 5) is 23.9. The zero-order valence-corrected chi connectivity index (χ0v) is 18.0. The zero-order valence-electron chi connectivity index (χ0n) is 17.2. The maximum atomic E-state index is 13.0. The summed E-state index contributed by atoms with van der Waals surface area (Å²) in [6.45, 7) is 1.92. The molecule has 0 unspecified atom stereocenters. The molecule has 0 spiro atoms. The number of sulfonamides is 1. The van der Waals surface area contributed by atoms with E-state index in [0.29, 0.717) is 11.4 Å². The first-order valence-electron chi connectivity index (χ1n) is 9.67. The van der Waals surface area contributed by atoms with Crippen molar-refractivity contribution in [2.45, 2.75) is 24.7 Å². The molecule has 0 radical (unpaired) electrons. The van der Waals surface area contributed by atoms with Gasteiger partial charge in [-0.1, -0.05) is 17.7 Å². The summed E-state index contributed by atoms with van der Waals surface area (Å²) in [5.74, 6) is -1.01. The van der Waals surface area contributed by atoms with Gasteiger partial charge in [-0.2, -0.15) is 0 Å². The number of amides is 1. The Hall–Kier alpha value is -3.72. The molecule has 0 atom stereocenters. The summed E-state index contributed by atoms with van der Waals surface area (Å²) >= 11 is 0. The molecule has 1 amide bonds. The summed E-state index contributed by atoms with van der Waals surface area (Å²) < 4.78 is 45.3. The molecule has 0 heterocycles. The SMILES string of the molecule is Cc1ccc(OC(=O)CCC(=O)Nc2ccc(S(=O)(=O)Nc3ccc(F)cc3)cc2)cc1. The van der Waals surface area contributed by atoms with Gasteiger partial charge < -0.3 is 10.1 Å². The minimum absolute atomic E-state index is 0.0264. The fraction of sp³-hybridized carbons (Fsp3) is 0.130. The number of carbonyl (C=O) groups excluding carboxylic acids is 2. The molecule has 0 aliphatic heterocycles. The van der Waals surface area contributed by atoms with Gasteiger partial charge in [0.15, 0.2) is 0 Å². The van der Waals surface area contributed by atoms with Gasteiger partial charge >= 0.3 is 5.97 Å². The number of ether oxygens (including phenoxy) is 1. The van der Waals surface area contributed by atoms with Crippen molar-refractivity contribution in [1.82, 2.24) is 0 Å². The molecule has 0 fully saturated rings. The first-order chi connectivity index (χ1) is 15.2. The Morgan fingerprint density at radius 1 is 0.844 bits per heavy atom. The largest absolute Gasteiger partial charge is 0.427 e. The molecule has 3 aromatic carbocycles. The van der Waals surface area contributed by atoms with Gasteiger partial charge in [0.05, 0.1) is 11.3 Å². The number of aryl methyl sites for hydroxylation is 1. The summed E-state index contributed by atoms with van der Waals surface area (Å²) in [6.07, 6.45) is -0.190. The van der Waals surface area contributed by atoms with E-state index in [0.717, 1.165) is 17.7 Å². The van der Waals surface area contributed by atoms with Crippen LogP contribution in [0.15, 0.2) is 77.7 Å². The van der Waals surface area contributed by atoms with Gasteiger partial charge in [0.2, 0.25) is 5.91 Å². The van der Waals surface area contributed by atoms with E-state index in [1.807, 2.05) is 19.1 Å². The number of benzene rings is 3. The van der Waals surface area contributed by atoms with Crippen molar-refractivity contribution in [1.29, 1.82) is 0 Å². The first kappa shape index (κ1) is 23.0. The third-order valence-electron chi connectivity index (χ3n) is 4.35. The van der Waals surface area contributed by atoms with Crippen molar-refractivity contribution in [3.05, 3.63) is 84.2 Å². The lowest BCUT2D eigenvalue weighted by Gasteiger charge is -2.10. The van der Waals surface area contributed by atoms with Crippen LogP contribution in [-0.4, -0.2) is 20.3 Å². The molecule has 9 heteroatoms. The van der Waals surface area contributed by atoms with Crippen LogP contribution in [-0.2, 0) is 19.6 Å². The molecular formula is C23H21FN2O5S. The van der Waals surface area contributed by atoms with Crippen molar-refractivity contribution in [3.8, 4) is 5.75 Å². The minimum Gasteiger partial charge on any atom is -0.427 e. The van der Waals surface area contributed by atoms with Gasteiger partial charge in [-0.3, -0.25) is 14.3 Å². The molecule has 32 heavy (non-hydrogen) atoms. The number of halogens is 1. The van der Waals surface area contributed by atoms with Crippen LogP contribution in [0.4, 0.5) is 15.8 Å². The first-order valence-corrected chi connectivity index (χ1v) is 11.2. The predicted octanol–water partition coefficient (Wildman–Crippen LogP) is 4.26. The van der Waals surface area contributed by atoms with E-state index in [1.54, 1.807) is 12.1 Å². The van der Waals surface area contributed by atoms with Crippen LogP contribution in [0.1, 0.15) is 18.4 Å². The van der Waals surface area contributed by atoms with Crippen LogP contribution in [0, 0.1) is 12.7 Å². The van der Waals surface area contributed by atoms with Crippen molar-refractivity contribution < 1.29 is 27.1 Å². The predicted molar refractivity (Wildman–Crippen MR) is 118 cm³/mol. The fourth-order valence-electron chi connectivity index (χ4n) is 2.68. The maximum absolute atomic E-state index is 13.0. The number of anilines is 2. The maximum Gasteiger partial charge on any atom is 0.311 e. The Balaban J connectivity index is 1.51. The van der Waals surface area contributed by atoms with Gasteiger partial charge in [0.25, 0.3) is 10.0 Å². The van der Waals surface area contributed by atoms with Crippen LogP contribution in [0.25, 0.3) is 0 Å². The highest BCUT2D eigenvalue weighted by Gasteiger charge is 2.15. The summed E-state index contributed by atoms with van der Waals surface area (Å²) in [5, 5.41) is 2.60. The van der Waals surface area contributed by atoms with Gasteiger partial charge in [0, 0.05) is 17.8 Å². The molecule has 7 nitrogen and oxygen atoms in total. The highest BCUT2D eigenvalue weighted by molar-refractivity contribution is 7.92. The third-order valence-corrected chi connectivity index (χ3v) is 5.75. The highest BCUT2D eigenvalue weighted by Crippen LogP contribution is 2.19. The molecule has 166 valence electrons. The van der Waals surface area contributed by atoms with Gasteiger partial charge in [-0.25, -0.2) is 12.8 Å². The Labute approximate surface area is 185 Å². The quantitative estimate of drug-likeness (QED) is 0.390. The number of carbonyl (C=O) groups is 2. The van der Waals surface area contributed by atoms with E-state index in [9.17, 15) is 22.4 Å². The van der Waals surface area contributed by atoms with Crippen molar-refractivity contribution in [2.75, 3.05) is 10.0 Å². The second-order valence-corrected chi connectivity index (χ2v) is 8.65. The molecular weight excluding hydrogens is 435 g/mol. The van der Waals surface area contributed by atoms with Gasteiger partial charge in [-0.05, 0) is 67.6 Å². The molecule has 3 rings (SSSR count). The number of esters is 1. The van der Waals surface area contributed by atoms with Crippen molar-refractivity contribution in [2.24, 2.45) is 0 Å². The van der Waals surface area contributed by atoms with E-state index in [2.05, 4.69) is 10.0 Å². The number of hydrogen-bond donors (Lipinski definition) is 2. The number of hydrogen-bond acceptors (Lipinski definition) is 5. The Kier molecular flexibility index (Phi) is 7.21. The Morgan fingerprint density at radius 2 is 1.44 bits per heavy atom. The topological polar surface area (TPSA) is 102 Å². The summed E-state index contributed by atoms with van der Waals surface area (Å²) in [7, 11) is -3.87. The third kappa shape index (κ3) is 6.64. The van der Waals surface area contributed by atoms with E-state index in [4.69, 9.17) is 4.74 Å². The average Bonchev–Trinajstić information content (AvgIpc) is 2.76. The van der Waals surface area contributed by atoms with Crippen LogP contribution >= 0.6 is 0 Å². The number of nitrogens with one attached hydrogen (secondary N) is 2. The van der Waals surface area contributed by atoms with Crippen LogP contribution in [0.5, 0.6) is 5.75 Å². The molecule has 0 aliphatic carbocycles. The van der Waals surface area contributed by atoms with Crippen molar-refractivity contribution >= 4 is 33.3 Å². The lowest BCUT2D eigenvalue weighted by atomic mass is 10.2. The lowest BCUT2D eigenvalue weighted by molar-refractivity contribution is -0.135. The lowest BCUT2D eigenvalue weighted by Crippen LogP contribution is -2.16. The smallest absolute Gasteiger partial charge is 0.311 e. The minimum atomic E-state index is -3.87. The molecule has 0 saturated heterocycles. The molecule has 0 aromatic heterocycles. The summed E-state index contributed by atoms with van der Waals surface area (Å²) in [6, 6.07) is 17.4. The monoisotopic (exact) mass is 456 g/mol. The molecule has 0 saturated carbocycles. The average molecular weight is 456 g/mol. The van der Waals surface area contributed by atoms with Crippen molar-refractivity contribution in [3.63, 3.8) is 0 Å². The van der Waals surface area contributed by atoms with Crippen LogP contribution in [0.2, 0.25) is 0 Å². The molecule has 0 bridgehead atoms. The fourth-order valence-corrected chi connectivity index (χ4v) is 3.74. The standard InChI is InChI=1S/C23H21FN2O5S/c1-16-2-10-20(11-3-16)31-23(28)15-14-22(27)25-18-8-12-21(13-9-18)32(29,30)26-19-6-4-17(24)5-7-19/h2-13,26H,14-15H2,1H3,(H,25,27). The van der Waals surface area contributed by atoms with E-state index in [-0.39, 0.29) is 23.4 Å². The Morgan fingerprint density at radius 3 is 2.06 bits per heavy atom. The van der Waals surface area contributed by atoms with Gasteiger partial charge in [0.1, 0.15) is 11.6 Å². The second kappa shape index (κ2) is 10.1. The molecule has 0 aliphatic rings. The van der Waals surface area contributed by atoms with E-state index < -0.39 is 27.7 Å².